The Morgan fingerprint density at radius 2 is 0.718 bits per heavy atom. The summed E-state index contributed by atoms with van der Waals surface area (Å²) in [5.41, 5.74) is 14.8. The fraction of sp³-hybridized carbons (Fsp3) is 0.411. The number of aliphatic hydroxyl groups is 4. The first-order valence-electron chi connectivity index (χ1n) is 39.8. The Morgan fingerprint density at radius 1 is 0.376 bits per heavy atom. The summed E-state index contributed by atoms with van der Waals surface area (Å²) in [5.74, 6) is 7.52. The first kappa shape index (κ1) is 86.4. The molecule has 0 bridgehead atoms. The second-order valence-corrected chi connectivity index (χ2v) is 29.7. The van der Waals surface area contributed by atoms with Crippen molar-refractivity contribution in [3.8, 4) is 63.2 Å². The normalized spacial score (nSPS) is 20.9. The number of hydrogen-bond acceptors (Lipinski definition) is 22. The van der Waals surface area contributed by atoms with Crippen LogP contribution in [0.2, 0.25) is 0 Å². The molecule has 22 nitrogen and oxygen atoms in total. The Bertz CT molecular complexity index is 4360. The molecule has 4 N–H and O–H groups in total. The third kappa shape index (κ3) is 21.0. The van der Waals surface area contributed by atoms with Gasteiger partial charge in [-0.1, -0.05) is 121 Å². The number of fused-ring (bicyclic) bond motifs is 2. The van der Waals surface area contributed by atoms with E-state index < -0.39 is 0 Å². The van der Waals surface area contributed by atoms with E-state index in [1.165, 1.54) is 12.8 Å². The van der Waals surface area contributed by atoms with Gasteiger partial charge in [-0.3, -0.25) is 0 Å². The third-order valence-electron chi connectivity index (χ3n) is 22.5. The average Bonchev–Trinajstić information content (AvgIpc) is 1.62. The fourth-order valence-corrected chi connectivity index (χ4v) is 15.9. The highest BCUT2D eigenvalue weighted by Crippen LogP contribution is 2.55. The molecule has 6 aliphatic rings. The maximum Gasteiger partial charge on any atom is 0.203 e. The van der Waals surface area contributed by atoms with Crippen LogP contribution in [0, 0.1) is 44.4 Å². The minimum atomic E-state index is -0.277. The van der Waals surface area contributed by atoms with Crippen LogP contribution in [0.4, 0.5) is 0 Å². The second-order valence-electron chi connectivity index (χ2n) is 29.7. The van der Waals surface area contributed by atoms with Gasteiger partial charge in [-0.05, 0) is 179 Å². The van der Waals surface area contributed by atoms with E-state index in [2.05, 4.69) is 6.92 Å². The number of rotatable bonds is 31. The highest BCUT2D eigenvalue weighted by molar-refractivity contribution is 5.60. The lowest BCUT2D eigenvalue weighted by Gasteiger charge is -2.21. The number of methoxy groups -OCH3 is 8. The third-order valence-corrected chi connectivity index (χ3v) is 22.5. The van der Waals surface area contributed by atoms with Crippen molar-refractivity contribution in [3.63, 3.8) is 0 Å². The zero-order valence-corrected chi connectivity index (χ0v) is 69.0. The lowest BCUT2D eigenvalue weighted by Crippen LogP contribution is -2.15. The molecule has 0 aliphatic carbocycles. The summed E-state index contributed by atoms with van der Waals surface area (Å²) < 4.78 is 105. The first-order chi connectivity index (χ1) is 57.1. The van der Waals surface area contributed by atoms with Crippen molar-refractivity contribution in [2.75, 3.05) is 103 Å². The van der Waals surface area contributed by atoms with Crippen molar-refractivity contribution < 1.29 is 106 Å². The molecular weight excluding hydrogens is 1490 g/mol. The van der Waals surface area contributed by atoms with E-state index in [0.29, 0.717) is 123 Å². The van der Waals surface area contributed by atoms with Crippen LogP contribution in [0.15, 0.2) is 170 Å². The predicted molar refractivity (Wildman–Crippen MR) is 442 cm³/mol. The minimum absolute atomic E-state index is 0.0329. The van der Waals surface area contributed by atoms with Gasteiger partial charge in [-0.15, -0.1) is 0 Å². The van der Waals surface area contributed by atoms with Crippen LogP contribution in [0.5, 0.6) is 63.2 Å². The molecule has 6 fully saturated rings. The van der Waals surface area contributed by atoms with Crippen LogP contribution in [0.25, 0.3) is 6.08 Å². The Labute approximate surface area is 686 Å². The number of hydrogen-bond donors (Lipinski definition) is 4. The summed E-state index contributed by atoms with van der Waals surface area (Å²) in [4.78, 5) is 0. The zero-order chi connectivity index (χ0) is 82.5. The van der Waals surface area contributed by atoms with E-state index in [1.807, 2.05) is 197 Å². The van der Waals surface area contributed by atoms with Gasteiger partial charge < -0.3 is 106 Å². The van der Waals surface area contributed by atoms with Crippen LogP contribution in [0.1, 0.15) is 139 Å². The molecule has 0 amide bonds. The van der Waals surface area contributed by atoms with E-state index >= 15 is 0 Å². The van der Waals surface area contributed by atoms with E-state index in [9.17, 15) is 20.4 Å². The van der Waals surface area contributed by atoms with Gasteiger partial charge in [0.2, 0.25) is 11.5 Å². The molecule has 0 aromatic heterocycles. The summed E-state index contributed by atoms with van der Waals surface area (Å²) in [7, 11) is 13.0. The van der Waals surface area contributed by atoms with E-state index in [0.717, 1.165) is 102 Å². The van der Waals surface area contributed by atoms with Crippen molar-refractivity contribution in [2.24, 2.45) is 23.7 Å². The van der Waals surface area contributed by atoms with E-state index in [-0.39, 0.29) is 86.7 Å². The van der Waals surface area contributed by atoms with Crippen molar-refractivity contribution in [2.45, 2.75) is 130 Å². The Morgan fingerprint density at radius 3 is 1.05 bits per heavy atom. The molecule has 0 saturated carbocycles. The maximum atomic E-state index is 9.98. The van der Waals surface area contributed by atoms with Crippen molar-refractivity contribution in [3.05, 3.63) is 259 Å². The van der Waals surface area contributed by atoms with Crippen molar-refractivity contribution >= 4 is 6.08 Å². The monoisotopic (exact) mass is 1600 g/mol. The molecule has 624 valence electrons. The Balaban J connectivity index is 0.000000155. The summed E-state index contributed by atoms with van der Waals surface area (Å²) in [6, 6.07) is 53.4. The van der Waals surface area contributed by atoms with E-state index in [4.69, 9.17) is 85.3 Å². The highest BCUT2D eigenvalue weighted by atomic mass is 16.6. The fourth-order valence-electron chi connectivity index (χ4n) is 15.9. The quantitative estimate of drug-likeness (QED) is 0.0295. The van der Waals surface area contributed by atoms with Crippen LogP contribution in [0.3, 0.4) is 0 Å². The van der Waals surface area contributed by atoms with Gasteiger partial charge in [-0.25, -0.2) is 0 Å². The van der Waals surface area contributed by atoms with Gasteiger partial charge in [0.25, 0.3) is 0 Å². The molecule has 9 aromatic rings. The average molecular weight is 1610 g/mol. The summed E-state index contributed by atoms with van der Waals surface area (Å²) >= 11 is 0. The number of benzene rings is 9. The molecule has 1 unspecified atom stereocenters. The number of epoxide rings is 1. The molecule has 6 heterocycles. The summed E-state index contributed by atoms with van der Waals surface area (Å²) in [6.45, 7) is 13.0. The molecule has 6 aliphatic heterocycles. The van der Waals surface area contributed by atoms with Crippen LogP contribution >= 0.6 is 0 Å². The SMILES string of the molecule is CC1CCCO1.COc1cc([C@@H]2OC[C@@H]3[C@H]2CO[C@H]3c2cc(OC)c(OCc3ccccc3)c(OC)c2)cc(CO)c1C.COc1cc([C@@H]2OC[C@@H]3[C@H]2CO[C@H]3c2cc(OC)c(OCc3ccccc3)c(OC)c2)cc(CO)c1C.COc1cc([C@H](OC/C=C/c2cc(CO)c(OCc3ccccc3)c(OC)c2)[C@@H]2CO2)cc(CO)c1C. The number of ether oxygens (including phenoxy) is 18. The first-order valence-corrected chi connectivity index (χ1v) is 39.8. The molecular formula is C95H112O22. The van der Waals surface area contributed by atoms with Crippen molar-refractivity contribution in [1.82, 2.24) is 0 Å². The number of aliphatic hydroxyl groups excluding tert-OH is 4. The smallest absolute Gasteiger partial charge is 0.203 e. The largest absolute Gasteiger partial charge is 0.496 e. The lowest BCUT2D eigenvalue weighted by atomic mass is 9.84. The molecule has 22 heteroatoms. The molecule has 15 rings (SSSR count). The molecule has 117 heavy (non-hydrogen) atoms. The lowest BCUT2D eigenvalue weighted by molar-refractivity contribution is 0.0189. The van der Waals surface area contributed by atoms with Crippen LogP contribution < -0.4 is 52.1 Å². The zero-order valence-electron chi connectivity index (χ0n) is 69.0. The molecule has 6 saturated heterocycles. The summed E-state index contributed by atoms with van der Waals surface area (Å²) in [6.07, 6.45) is 6.01. The standard InChI is InChI=1S/3C30H34O7.C5H10O/c2*1-18-22(14-31)10-20(11-25(18)32-2)28-23-16-37-29(24(23)17-36-28)21-12-26(33-3)30(27(13-21)34-4)35-15-19-8-6-5-7-9-19;1-20-24(16-31)14-23(15-26(20)33-2)29(28-19-36-28)35-11-7-10-22-12-25(17-32)30(27(13-22)34-3)37-18-21-8-5-4-6-9-21;1-5-3-2-4-6-5/h2*5-13,23-24,28-29,31H,14-17H2,1-4H3;4-10,12-15,28-29,31-32H,11,16-19H2,1-3H3;5H,2-4H2,1H3/b;;10-7+;/t2*23-,24-,28+,29+;28-,29-;/m110./s1. The molecule has 11 atom stereocenters. The topological polar surface area (TPSA) is 250 Å². The van der Waals surface area contributed by atoms with Gasteiger partial charge in [-0.2, -0.15) is 0 Å². The molecule has 0 radical (unpaired) electrons. The minimum Gasteiger partial charge on any atom is -0.496 e. The second kappa shape index (κ2) is 42.0. The highest BCUT2D eigenvalue weighted by Gasteiger charge is 2.50. The van der Waals surface area contributed by atoms with Gasteiger partial charge in [0.05, 0.1) is 153 Å². The molecule has 0 spiro atoms. The Hall–Kier alpha value is -9.92. The van der Waals surface area contributed by atoms with Gasteiger partial charge in [0.1, 0.15) is 49.3 Å². The molecule has 9 aromatic carbocycles. The van der Waals surface area contributed by atoms with Crippen molar-refractivity contribution in [1.29, 1.82) is 0 Å². The van der Waals surface area contributed by atoms with E-state index in [1.54, 1.807) is 56.9 Å². The Kier molecular flexibility index (Phi) is 31.0. The summed E-state index contributed by atoms with van der Waals surface area (Å²) in [5, 5.41) is 39.4. The van der Waals surface area contributed by atoms with Crippen LogP contribution in [-0.4, -0.2) is 136 Å². The maximum absolute atomic E-state index is 9.98. The van der Waals surface area contributed by atoms with Gasteiger partial charge in [0.15, 0.2) is 34.5 Å². The van der Waals surface area contributed by atoms with Crippen LogP contribution in [-0.2, 0) is 79.4 Å². The van der Waals surface area contributed by atoms with Gasteiger partial charge >= 0.3 is 0 Å². The predicted octanol–water partition coefficient (Wildman–Crippen LogP) is 16.3. The van der Waals surface area contributed by atoms with Gasteiger partial charge in [0, 0.05) is 35.8 Å².